The quantitative estimate of drug-likeness (QED) is 0.128. The molecule has 0 radical (unpaired) electrons. The molecule has 6 aromatic heterocycles. The van der Waals surface area contributed by atoms with Crippen molar-refractivity contribution in [1.82, 2.24) is 38.2 Å². The Balaban J connectivity index is 0.000000135. The van der Waals surface area contributed by atoms with Gasteiger partial charge in [0.2, 0.25) is 11.9 Å². The Bertz CT molecular complexity index is 9530. The minimum Gasteiger partial charge on any atom is -0.309 e. The van der Waals surface area contributed by atoms with E-state index in [4.69, 9.17) is 19.9 Å². The number of aromatic nitrogens is 8. The number of fused-ring (bicyclic) bond motifs is 22. The zero-order chi connectivity index (χ0) is 86.6. The summed E-state index contributed by atoms with van der Waals surface area (Å²) in [6, 6.07) is 167. The molecule has 0 aliphatic carbocycles. The highest BCUT2D eigenvalue weighted by Gasteiger charge is 2.24. The fourth-order valence-corrected chi connectivity index (χ4v) is 20.9. The molecule has 8 heteroatoms. The second-order valence-corrected chi connectivity index (χ2v) is 34.8. The van der Waals surface area contributed by atoms with E-state index in [9.17, 15) is 0 Å². The summed E-state index contributed by atoms with van der Waals surface area (Å²) < 4.78 is 9.32. The highest BCUT2D eigenvalue weighted by atomic mass is 15.2. The lowest BCUT2D eigenvalue weighted by atomic mass is 10.0. The molecule has 0 unspecified atom stereocenters. The van der Waals surface area contributed by atoms with Crippen LogP contribution in [-0.4, -0.2) is 38.2 Å². The smallest absolute Gasteiger partial charge is 0.235 e. The van der Waals surface area contributed by atoms with Crippen molar-refractivity contribution >= 4 is 173 Å². The van der Waals surface area contributed by atoms with Crippen LogP contribution in [0.4, 0.5) is 0 Å². The maximum absolute atomic E-state index is 5.39. The molecule has 612 valence electrons. The number of benzene rings is 22. The molecule has 22 aromatic carbocycles. The molecule has 132 heavy (non-hydrogen) atoms. The summed E-state index contributed by atoms with van der Waals surface area (Å²) in [5.41, 5.74) is 23.6. The standard InChI is InChI=1S/2C62H38N4/c1-3-14-42-33-47(25-21-39(42)11-1)56-38-57(48-26-22-40-12-2-4-15-43(40)34-48)64-62(63-56)66-59-20-10-8-18-53(59)55-37-45(28-32-61(55)66)44-27-31-60-54(36-44)52-17-7-9-19-58(52)65(60)49-29-30-51-46(35-49)24-23-41-13-5-6-16-50(41)51;1-3-14-43-33-47(25-21-39(43)11-1)56-38-57(48-26-22-40-12-2-4-15-44(40)34-48)64-62(63-56)66-59-20-10-8-18-52(59)55-36-46(29-32-61(55)66)45-28-31-60-54(35-45)51-17-7-9-19-58(51)65(60)49-30-27-42-24-23-41-13-5-6-16-50(41)53(42)37-49/h2*1-38H. The Morgan fingerprint density at radius 2 is 0.356 bits per heavy atom. The van der Waals surface area contributed by atoms with E-state index in [0.717, 1.165) is 111 Å². The predicted octanol–water partition coefficient (Wildman–Crippen LogP) is 32.6. The van der Waals surface area contributed by atoms with Crippen LogP contribution in [0.3, 0.4) is 0 Å². The van der Waals surface area contributed by atoms with Crippen LogP contribution in [-0.2, 0) is 0 Å². The van der Waals surface area contributed by atoms with Gasteiger partial charge in [0, 0.05) is 76.7 Å². The molecule has 0 aliphatic rings. The van der Waals surface area contributed by atoms with Crippen molar-refractivity contribution in [3.8, 4) is 90.6 Å². The van der Waals surface area contributed by atoms with E-state index in [1.807, 2.05) is 0 Å². The molecule has 0 saturated heterocycles. The van der Waals surface area contributed by atoms with Gasteiger partial charge >= 0.3 is 0 Å². The Hall–Kier alpha value is -17.7. The average molecular weight is 1680 g/mol. The van der Waals surface area contributed by atoms with E-state index in [1.165, 1.54) is 141 Å². The Morgan fingerprint density at radius 1 is 0.121 bits per heavy atom. The fraction of sp³-hybridized carbons (Fsp3) is 0. The van der Waals surface area contributed by atoms with Gasteiger partial charge < -0.3 is 9.13 Å². The summed E-state index contributed by atoms with van der Waals surface area (Å²) >= 11 is 0. The van der Waals surface area contributed by atoms with Gasteiger partial charge in [0.1, 0.15) is 0 Å². The minimum atomic E-state index is 0.638. The number of rotatable bonds is 10. The van der Waals surface area contributed by atoms with Gasteiger partial charge in [-0.1, -0.05) is 328 Å². The van der Waals surface area contributed by atoms with Gasteiger partial charge in [-0.25, -0.2) is 19.9 Å². The van der Waals surface area contributed by atoms with E-state index < -0.39 is 0 Å². The maximum atomic E-state index is 5.39. The zero-order valence-electron chi connectivity index (χ0n) is 71.5. The fourth-order valence-electron chi connectivity index (χ4n) is 20.9. The van der Waals surface area contributed by atoms with Gasteiger partial charge in [0.15, 0.2) is 0 Å². The SMILES string of the molecule is c1ccc2cc(-c3cc(-c4ccc5ccccc5c4)nc(-n4c5ccccc5c5cc(-c6ccc7c(c6)c6ccccc6n7-c6ccc7c(ccc8ccccc87)c6)ccc54)n3)ccc2c1.c1ccc2cc(-c3cc(-c4ccc5ccccc5c4)nc(-n4c5ccccc5c5cc(-c6ccc7c(c6)c6ccccc6n7-c6ccc7ccc8ccccc8c7c6)ccc54)n3)ccc2c1. The second-order valence-electron chi connectivity index (χ2n) is 34.8. The zero-order valence-corrected chi connectivity index (χ0v) is 71.5. The molecule has 0 aliphatic heterocycles. The van der Waals surface area contributed by atoms with Crippen molar-refractivity contribution < 1.29 is 0 Å². The molecule has 28 rings (SSSR count). The molecule has 0 amide bonds. The molecule has 8 nitrogen and oxygen atoms in total. The molecular formula is C124H76N8. The molecule has 0 atom stereocenters. The molecule has 0 fully saturated rings. The topological polar surface area (TPSA) is 71.3 Å². The van der Waals surface area contributed by atoms with Crippen LogP contribution < -0.4 is 0 Å². The third kappa shape index (κ3) is 12.3. The third-order valence-electron chi connectivity index (χ3n) is 27.3. The number of nitrogens with zero attached hydrogens (tertiary/aromatic N) is 8. The summed E-state index contributed by atoms with van der Waals surface area (Å²) in [6.07, 6.45) is 0. The van der Waals surface area contributed by atoms with Gasteiger partial charge in [-0.05, 0) is 242 Å². The van der Waals surface area contributed by atoms with E-state index in [-0.39, 0.29) is 0 Å². The number of hydrogen-bond donors (Lipinski definition) is 0. The monoisotopic (exact) mass is 1680 g/mol. The van der Waals surface area contributed by atoms with Crippen molar-refractivity contribution in [2.45, 2.75) is 0 Å². The first kappa shape index (κ1) is 74.5. The summed E-state index contributed by atoms with van der Waals surface area (Å²) in [5.74, 6) is 1.28. The lowest BCUT2D eigenvalue weighted by Crippen LogP contribution is -2.04. The highest BCUT2D eigenvalue weighted by Crippen LogP contribution is 2.45. The highest BCUT2D eigenvalue weighted by molar-refractivity contribution is 6.17. The molecule has 6 heterocycles. The van der Waals surface area contributed by atoms with Crippen molar-refractivity contribution in [2.75, 3.05) is 0 Å². The lowest BCUT2D eigenvalue weighted by molar-refractivity contribution is 0.995. The largest absolute Gasteiger partial charge is 0.309 e. The Labute approximate surface area is 758 Å². The third-order valence-corrected chi connectivity index (χ3v) is 27.3. The van der Waals surface area contributed by atoms with Gasteiger partial charge in [0.05, 0.1) is 66.9 Å². The lowest BCUT2D eigenvalue weighted by Gasteiger charge is -2.13. The predicted molar refractivity (Wildman–Crippen MR) is 554 cm³/mol. The second kappa shape index (κ2) is 30.0. The number of hydrogen-bond acceptors (Lipinski definition) is 4. The first-order chi connectivity index (χ1) is 65.4. The van der Waals surface area contributed by atoms with Gasteiger partial charge in [-0.2, -0.15) is 0 Å². The van der Waals surface area contributed by atoms with Crippen molar-refractivity contribution in [3.05, 3.63) is 461 Å². The molecule has 0 spiro atoms. The summed E-state index contributed by atoms with van der Waals surface area (Å²) in [5, 5.41) is 29.1. The Morgan fingerprint density at radius 3 is 0.720 bits per heavy atom. The van der Waals surface area contributed by atoms with Crippen LogP contribution in [0.25, 0.3) is 264 Å². The van der Waals surface area contributed by atoms with Crippen LogP contribution in [0.1, 0.15) is 0 Å². The van der Waals surface area contributed by atoms with Gasteiger partial charge in [-0.3, -0.25) is 9.13 Å². The van der Waals surface area contributed by atoms with Crippen LogP contribution in [0, 0.1) is 0 Å². The molecular weight excluding hydrogens is 1600 g/mol. The van der Waals surface area contributed by atoms with Crippen molar-refractivity contribution in [1.29, 1.82) is 0 Å². The molecule has 0 saturated carbocycles. The van der Waals surface area contributed by atoms with E-state index in [1.54, 1.807) is 0 Å². The molecule has 0 bridgehead atoms. The normalized spacial score (nSPS) is 11.9. The van der Waals surface area contributed by atoms with Crippen LogP contribution in [0.5, 0.6) is 0 Å². The summed E-state index contributed by atoms with van der Waals surface area (Å²) in [4.78, 5) is 21.6. The van der Waals surface area contributed by atoms with E-state index >= 15 is 0 Å². The van der Waals surface area contributed by atoms with Crippen LogP contribution in [0.2, 0.25) is 0 Å². The van der Waals surface area contributed by atoms with Crippen molar-refractivity contribution in [2.24, 2.45) is 0 Å². The van der Waals surface area contributed by atoms with Crippen LogP contribution in [0.15, 0.2) is 461 Å². The van der Waals surface area contributed by atoms with Gasteiger partial charge in [0.25, 0.3) is 0 Å². The number of para-hydroxylation sites is 4. The molecule has 0 N–H and O–H groups in total. The molecule has 28 aromatic rings. The maximum Gasteiger partial charge on any atom is 0.235 e. The first-order valence-electron chi connectivity index (χ1n) is 45.1. The minimum absolute atomic E-state index is 0.638. The van der Waals surface area contributed by atoms with Gasteiger partial charge in [-0.15, -0.1) is 0 Å². The van der Waals surface area contributed by atoms with E-state index in [0.29, 0.717) is 11.9 Å². The Kier molecular flexibility index (Phi) is 16.9. The summed E-state index contributed by atoms with van der Waals surface area (Å²) in [7, 11) is 0. The van der Waals surface area contributed by atoms with Crippen molar-refractivity contribution in [3.63, 3.8) is 0 Å². The van der Waals surface area contributed by atoms with E-state index in [2.05, 4.69) is 479 Å². The first-order valence-corrected chi connectivity index (χ1v) is 45.1. The average Bonchev–Trinajstić information content (AvgIpc) is 1.58. The summed E-state index contributed by atoms with van der Waals surface area (Å²) in [6.45, 7) is 0. The van der Waals surface area contributed by atoms with Crippen LogP contribution >= 0.6 is 0 Å².